The molecule has 1 fully saturated rings. The summed E-state index contributed by atoms with van der Waals surface area (Å²) < 4.78 is 0. The summed E-state index contributed by atoms with van der Waals surface area (Å²) in [6.07, 6.45) is 0.728. The fourth-order valence-corrected chi connectivity index (χ4v) is 3.81. The summed E-state index contributed by atoms with van der Waals surface area (Å²) in [7, 11) is 3.79. The molecule has 2 atom stereocenters. The van der Waals surface area contributed by atoms with E-state index in [4.69, 9.17) is 5.73 Å². The second-order valence-electron chi connectivity index (χ2n) is 6.16. The first kappa shape index (κ1) is 16.1. The van der Waals surface area contributed by atoms with Crippen LogP contribution in [0.2, 0.25) is 0 Å². The number of hydrogen-bond acceptors (Lipinski definition) is 5. The first-order valence-corrected chi connectivity index (χ1v) is 8.63. The van der Waals surface area contributed by atoms with Gasteiger partial charge in [-0.2, -0.15) is 0 Å². The number of carbonyl (C=O) groups is 1. The number of nitrogens with zero attached hydrogens (tertiary/aromatic N) is 3. The van der Waals surface area contributed by atoms with Gasteiger partial charge in [0.15, 0.2) is 0 Å². The fourth-order valence-electron chi connectivity index (χ4n) is 3.00. The zero-order valence-corrected chi connectivity index (χ0v) is 14.3. The zero-order chi connectivity index (χ0) is 16.4. The standard InChI is InChI=1S/C17H22N4OS/c1-20-9-13(18)8-15(20)17(22)21(2)10-14-11-23-16(19-14)12-6-4-3-5-7-12/h3-7,11,13,15H,8-10,18H2,1-2H3/t13-,15-/m0/s1. The van der Waals surface area contributed by atoms with Crippen molar-refractivity contribution in [3.05, 3.63) is 41.4 Å². The quantitative estimate of drug-likeness (QED) is 0.928. The van der Waals surface area contributed by atoms with Crippen LogP contribution in [0.5, 0.6) is 0 Å². The largest absolute Gasteiger partial charge is 0.338 e. The number of nitrogens with two attached hydrogens (primary N) is 1. The van der Waals surface area contributed by atoms with Crippen LogP contribution in [0, 0.1) is 0 Å². The number of aromatic nitrogens is 1. The van der Waals surface area contributed by atoms with Gasteiger partial charge in [-0.3, -0.25) is 9.69 Å². The topological polar surface area (TPSA) is 62.5 Å². The first-order valence-electron chi connectivity index (χ1n) is 7.75. The molecule has 0 spiro atoms. The maximum Gasteiger partial charge on any atom is 0.240 e. The molecular weight excluding hydrogens is 308 g/mol. The van der Waals surface area contributed by atoms with Crippen molar-refractivity contribution in [2.45, 2.75) is 25.0 Å². The van der Waals surface area contributed by atoms with E-state index in [0.717, 1.165) is 29.2 Å². The van der Waals surface area contributed by atoms with Gasteiger partial charge in [0.1, 0.15) is 5.01 Å². The summed E-state index contributed by atoms with van der Waals surface area (Å²) in [5.74, 6) is 0.120. The van der Waals surface area contributed by atoms with Crippen LogP contribution in [0.15, 0.2) is 35.7 Å². The highest BCUT2D eigenvalue weighted by Gasteiger charge is 2.34. The van der Waals surface area contributed by atoms with Crippen LogP contribution < -0.4 is 5.73 Å². The minimum atomic E-state index is -0.109. The molecule has 0 aliphatic carbocycles. The van der Waals surface area contributed by atoms with Gasteiger partial charge >= 0.3 is 0 Å². The molecule has 0 radical (unpaired) electrons. The first-order chi connectivity index (χ1) is 11.0. The highest BCUT2D eigenvalue weighted by molar-refractivity contribution is 7.13. The SMILES string of the molecule is CN(Cc1csc(-c2ccccc2)n1)C(=O)[C@@H]1C[C@H](N)CN1C. The maximum atomic E-state index is 12.6. The molecule has 1 aliphatic rings. The van der Waals surface area contributed by atoms with E-state index in [2.05, 4.69) is 4.98 Å². The van der Waals surface area contributed by atoms with Gasteiger partial charge < -0.3 is 10.6 Å². The minimum Gasteiger partial charge on any atom is -0.338 e. The van der Waals surface area contributed by atoms with E-state index in [0.29, 0.717) is 6.54 Å². The van der Waals surface area contributed by atoms with Crippen LogP contribution in [0.25, 0.3) is 10.6 Å². The van der Waals surface area contributed by atoms with Crippen molar-refractivity contribution in [3.63, 3.8) is 0 Å². The van der Waals surface area contributed by atoms with Gasteiger partial charge in [0.2, 0.25) is 5.91 Å². The van der Waals surface area contributed by atoms with Gasteiger partial charge in [-0.1, -0.05) is 30.3 Å². The number of rotatable bonds is 4. The lowest BCUT2D eigenvalue weighted by Crippen LogP contribution is -2.42. The second-order valence-corrected chi connectivity index (χ2v) is 7.01. The van der Waals surface area contributed by atoms with Crippen LogP contribution in [0.1, 0.15) is 12.1 Å². The molecule has 1 aromatic heterocycles. The summed E-state index contributed by atoms with van der Waals surface area (Å²) in [6, 6.07) is 10.1. The predicted molar refractivity (Wildman–Crippen MR) is 93.0 cm³/mol. The molecule has 2 aromatic rings. The van der Waals surface area contributed by atoms with Crippen LogP contribution in [-0.4, -0.2) is 53.4 Å². The Morgan fingerprint density at radius 3 is 2.83 bits per heavy atom. The highest BCUT2D eigenvalue weighted by Crippen LogP contribution is 2.24. The molecule has 0 unspecified atom stereocenters. The molecule has 2 heterocycles. The Bertz CT molecular complexity index is 672. The molecule has 1 aromatic carbocycles. The Balaban J connectivity index is 1.65. The molecule has 1 saturated heterocycles. The molecule has 23 heavy (non-hydrogen) atoms. The predicted octanol–water partition coefficient (Wildman–Crippen LogP) is 1.80. The molecule has 1 aliphatic heterocycles. The van der Waals surface area contributed by atoms with Crippen molar-refractivity contribution < 1.29 is 4.79 Å². The third-order valence-electron chi connectivity index (χ3n) is 4.21. The fraction of sp³-hybridized carbons (Fsp3) is 0.412. The van der Waals surface area contributed by atoms with Crippen LogP contribution in [-0.2, 0) is 11.3 Å². The molecule has 0 saturated carbocycles. The average Bonchev–Trinajstić information content (AvgIpc) is 3.13. The number of benzene rings is 1. The van der Waals surface area contributed by atoms with E-state index in [-0.39, 0.29) is 18.0 Å². The third kappa shape index (κ3) is 3.60. The van der Waals surface area contributed by atoms with Crippen molar-refractivity contribution in [3.8, 4) is 10.6 Å². The summed E-state index contributed by atoms with van der Waals surface area (Å²) >= 11 is 1.61. The Hall–Kier alpha value is -1.76. The third-order valence-corrected chi connectivity index (χ3v) is 5.15. The van der Waals surface area contributed by atoms with Crippen molar-refractivity contribution in [1.29, 1.82) is 0 Å². The molecule has 5 nitrogen and oxygen atoms in total. The number of likely N-dealkylation sites (tertiary alicyclic amines) is 1. The van der Waals surface area contributed by atoms with Gasteiger partial charge in [-0.05, 0) is 13.5 Å². The van der Waals surface area contributed by atoms with Gasteiger partial charge in [-0.15, -0.1) is 11.3 Å². The molecule has 6 heteroatoms. The molecule has 122 valence electrons. The van der Waals surface area contributed by atoms with E-state index >= 15 is 0 Å². The van der Waals surface area contributed by atoms with Crippen molar-refractivity contribution in [2.24, 2.45) is 5.73 Å². The van der Waals surface area contributed by atoms with Crippen molar-refractivity contribution in [1.82, 2.24) is 14.8 Å². The highest BCUT2D eigenvalue weighted by atomic mass is 32.1. The Morgan fingerprint density at radius 1 is 1.43 bits per heavy atom. The maximum absolute atomic E-state index is 12.6. The van der Waals surface area contributed by atoms with E-state index in [9.17, 15) is 4.79 Å². The van der Waals surface area contributed by atoms with E-state index in [1.165, 1.54) is 0 Å². The molecular formula is C17H22N4OS. The van der Waals surface area contributed by atoms with Gasteiger partial charge in [-0.25, -0.2) is 4.98 Å². The summed E-state index contributed by atoms with van der Waals surface area (Å²) in [6.45, 7) is 1.31. The Morgan fingerprint density at radius 2 is 2.17 bits per heavy atom. The van der Waals surface area contributed by atoms with E-state index in [1.54, 1.807) is 16.2 Å². The lowest BCUT2D eigenvalue weighted by Gasteiger charge is -2.24. The number of thiazole rings is 1. The van der Waals surface area contributed by atoms with Gasteiger partial charge in [0.05, 0.1) is 18.3 Å². The van der Waals surface area contributed by atoms with Gasteiger partial charge in [0.25, 0.3) is 0 Å². The van der Waals surface area contributed by atoms with E-state index < -0.39 is 0 Å². The van der Waals surface area contributed by atoms with Crippen LogP contribution >= 0.6 is 11.3 Å². The van der Waals surface area contributed by atoms with Crippen LogP contribution in [0.4, 0.5) is 0 Å². The second kappa shape index (κ2) is 6.78. The lowest BCUT2D eigenvalue weighted by atomic mass is 10.1. The Kier molecular flexibility index (Phi) is 4.75. The monoisotopic (exact) mass is 330 g/mol. The van der Waals surface area contributed by atoms with Gasteiger partial charge in [0, 0.05) is 30.6 Å². The Labute approximate surface area is 140 Å². The smallest absolute Gasteiger partial charge is 0.240 e. The zero-order valence-electron chi connectivity index (χ0n) is 13.5. The normalized spacial score (nSPS) is 21.5. The number of amides is 1. The number of carbonyl (C=O) groups excluding carboxylic acids is 1. The summed E-state index contributed by atoms with van der Waals surface area (Å²) in [4.78, 5) is 21.0. The van der Waals surface area contributed by atoms with Crippen molar-refractivity contribution in [2.75, 3.05) is 20.6 Å². The van der Waals surface area contributed by atoms with E-state index in [1.807, 2.05) is 54.7 Å². The lowest BCUT2D eigenvalue weighted by molar-refractivity contribution is -0.134. The molecule has 2 N–H and O–H groups in total. The minimum absolute atomic E-state index is 0.0892. The molecule has 1 amide bonds. The number of hydrogen-bond donors (Lipinski definition) is 1. The van der Waals surface area contributed by atoms with Crippen LogP contribution in [0.3, 0.4) is 0 Å². The summed E-state index contributed by atoms with van der Waals surface area (Å²) in [5.41, 5.74) is 7.99. The summed E-state index contributed by atoms with van der Waals surface area (Å²) in [5, 5.41) is 3.01. The average molecular weight is 330 g/mol. The van der Waals surface area contributed by atoms with Crippen molar-refractivity contribution >= 4 is 17.2 Å². The molecule has 0 bridgehead atoms. The number of likely N-dealkylation sites (N-methyl/N-ethyl adjacent to an activating group) is 2. The molecule has 3 rings (SSSR count).